The van der Waals surface area contributed by atoms with E-state index in [4.69, 9.17) is 16.7 Å². The standard InChI is InChI=1S/C11H6ClFN2O2/c12-9-3-7(13)1-2-8(9)10-14-4-6(5-15-10)11(16)17/h1-5H,(H,16,17). The Morgan fingerprint density at radius 1 is 1.29 bits per heavy atom. The van der Waals surface area contributed by atoms with E-state index >= 15 is 0 Å². The quantitative estimate of drug-likeness (QED) is 0.892. The molecule has 1 N–H and O–H groups in total. The van der Waals surface area contributed by atoms with Crippen LogP contribution in [-0.4, -0.2) is 21.0 Å². The Bertz CT molecular complexity index is 572. The summed E-state index contributed by atoms with van der Waals surface area (Å²) in [7, 11) is 0. The van der Waals surface area contributed by atoms with Crippen molar-refractivity contribution in [1.29, 1.82) is 0 Å². The van der Waals surface area contributed by atoms with Gasteiger partial charge in [0.2, 0.25) is 0 Å². The number of aromatic carboxylic acids is 1. The number of carbonyl (C=O) groups is 1. The second kappa shape index (κ2) is 4.47. The summed E-state index contributed by atoms with van der Waals surface area (Å²) in [4.78, 5) is 18.3. The predicted molar refractivity (Wildman–Crippen MR) is 59.4 cm³/mol. The molecule has 0 spiro atoms. The van der Waals surface area contributed by atoms with E-state index in [1.807, 2.05) is 0 Å². The van der Waals surface area contributed by atoms with Crippen LogP contribution in [0.15, 0.2) is 30.6 Å². The van der Waals surface area contributed by atoms with Crippen LogP contribution in [0.25, 0.3) is 11.4 Å². The van der Waals surface area contributed by atoms with E-state index < -0.39 is 11.8 Å². The van der Waals surface area contributed by atoms with Crippen LogP contribution in [0.4, 0.5) is 4.39 Å². The lowest BCUT2D eigenvalue weighted by Crippen LogP contribution is -1.99. The van der Waals surface area contributed by atoms with Crippen LogP contribution in [0.3, 0.4) is 0 Å². The Morgan fingerprint density at radius 2 is 1.94 bits per heavy atom. The Balaban J connectivity index is 2.43. The summed E-state index contributed by atoms with van der Waals surface area (Å²) in [6, 6.07) is 3.81. The molecule has 0 atom stereocenters. The van der Waals surface area contributed by atoms with E-state index in [1.54, 1.807) is 0 Å². The number of carboxylic acids is 1. The van der Waals surface area contributed by atoms with Crippen molar-refractivity contribution < 1.29 is 14.3 Å². The fraction of sp³-hybridized carbons (Fsp3) is 0. The van der Waals surface area contributed by atoms with Gasteiger partial charge in [-0.05, 0) is 18.2 Å². The van der Waals surface area contributed by atoms with Crippen LogP contribution in [-0.2, 0) is 0 Å². The van der Waals surface area contributed by atoms with E-state index in [2.05, 4.69) is 9.97 Å². The number of hydrogen-bond acceptors (Lipinski definition) is 3. The van der Waals surface area contributed by atoms with Gasteiger partial charge in [0.1, 0.15) is 5.82 Å². The molecule has 0 amide bonds. The first kappa shape index (κ1) is 11.5. The van der Waals surface area contributed by atoms with Crippen LogP contribution in [0, 0.1) is 5.82 Å². The molecule has 2 rings (SSSR count). The van der Waals surface area contributed by atoms with Gasteiger partial charge in [-0.2, -0.15) is 0 Å². The summed E-state index contributed by atoms with van der Waals surface area (Å²) in [6.45, 7) is 0. The summed E-state index contributed by atoms with van der Waals surface area (Å²) in [5.74, 6) is -1.32. The highest BCUT2D eigenvalue weighted by Crippen LogP contribution is 2.25. The first-order valence-corrected chi connectivity index (χ1v) is 4.96. The minimum Gasteiger partial charge on any atom is -0.478 e. The normalized spacial score (nSPS) is 10.2. The largest absolute Gasteiger partial charge is 0.478 e. The summed E-state index contributed by atoms with van der Waals surface area (Å²) in [5, 5.41) is 8.86. The molecule has 0 aliphatic heterocycles. The minimum atomic E-state index is -1.11. The van der Waals surface area contributed by atoms with Gasteiger partial charge in [0.05, 0.1) is 10.6 Å². The van der Waals surface area contributed by atoms with E-state index in [0.29, 0.717) is 5.56 Å². The smallest absolute Gasteiger partial charge is 0.338 e. The van der Waals surface area contributed by atoms with E-state index in [9.17, 15) is 9.18 Å². The van der Waals surface area contributed by atoms with Crippen LogP contribution in [0.5, 0.6) is 0 Å². The van der Waals surface area contributed by atoms with Crippen LogP contribution in [0.2, 0.25) is 5.02 Å². The molecule has 0 unspecified atom stereocenters. The SMILES string of the molecule is O=C(O)c1cnc(-c2ccc(F)cc2Cl)nc1. The van der Waals surface area contributed by atoms with Gasteiger partial charge in [0.15, 0.2) is 5.82 Å². The zero-order valence-corrected chi connectivity index (χ0v) is 9.15. The van der Waals surface area contributed by atoms with Gasteiger partial charge in [-0.1, -0.05) is 11.6 Å². The third kappa shape index (κ3) is 2.39. The van der Waals surface area contributed by atoms with Crippen molar-refractivity contribution in [2.75, 3.05) is 0 Å². The average molecular weight is 253 g/mol. The lowest BCUT2D eigenvalue weighted by atomic mass is 10.2. The Morgan fingerprint density at radius 3 is 2.47 bits per heavy atom. The molecule has 1 aromatic heterocycles. The second-order valence-corrected chi connectivity index (χ2v) is 3.63. The lowest BCUT2D eigenvalue weighted by molar-refractivity contribution is 0.0696. The number of nitrogens with zero attached hydrogens (tertiary/aromatic N) is 2. The van der Waals surface area contributed by atoms with E-state index in [1.165, 1.54) is 24.5 Å². The fourth-order valence-electron chi connectivity index (χ4n) is 1.25. The predicted octanol–water partition coefficient (Wildman–Crippen LogP) is 2.63. The molecular formula is C11H6ClFN2O2. The molecular weight excluding hydrogens is 247 g/mol. The number of halogens is 2. The lowest BCUT2D eigenvalue weighted by Gasteiger charge is -2.02. The van der Waals surface area contributed by atoms with Gasteiger partial charge in [-0.25, -0.2) is 19.2 Å². The zero-order valence-electron chi connectivity index (χ0n) is 8.39. The molecule has 1 heterocycles. The summed E-state index contributed by atoms with van der Waals surface area (Å²) in [5.41, 5.74) is 0.428. The number of benzene rings is 1. The minimum absolute atomic E-state index is 0.0213. The summed E-state index contributed by atoms with van der Waals surface area (Å²) in [6.07, 6.45) is 2.34. The molecule has 6 heteroatoms. The van der Waals surface area contributed by atoms with Crippen LogP contribution < -0.4 is 0 Å². The molecule has 86 valence electrons. The summed E-state index contributed by atoms with van der Waals surface area (Å²) >= 11 is 5.83. The Labute approximate surface area is 101 Å². The number of rotatable bonds is 2. The molecule has 0 fully saturated rings. The first-order valence-electron chi connectivity index (χ1n) is 4.58. The molecule has 0 radical (unpaired) electrons. The van der Waals surface area contributed by atoms with Gasteiger partial charge < -0.3 is 5.11 Å². The maximum atomic E-state index is 12.8. The fourth-order valence-corrected chi connectivity index (χ4v) is 1.50. The summed E-state index contributed by atoms with van der Waals surface area (Å²) < 4.78 is 12.8. The van der Waals surface area contributed by atoms with Crippen molar-refractivity contribution in [3.63, 3.8) is 0 Å². The highest BCUT2D eigenvalue weighted by molar-refractivity contribution is 6.33. The van der Waals surface area contributed by atoms with Gasteiger partial charge in [0.25, 0.3) is 0 Å². The number of carboxylic acid groups (broad SMARTS) is 1. The number of hydrogen-bond donors (Lipinski definition) is 1. The van der Waals surface area contributed by atoms with Crippen molar-refractivity contribution in [2.45, 2.75) is 0 Å². The topological polar surface area (TPSA) is 63.1 Å². The van der Waals surface area contributed by atoms with Crippen LogP contribution in [0.1, 0.15) is 10.4 Å². The van der Waals surface area contributed by atoms with Crippen molar-refractivity contribution in [3.05, 3.63) is 47.0 Å². The third-order valence-corrected chi connectivity index (χ3v) is 2.38. The highest BCUT2D eigenvalue weighted by Gasteiger charge is 2.09. The van der Waals surface area contributed by atoms with Gasteiger partial charge in [-0.15, -0.1) is 0 Å². The zero-order chi connectivity index (χ0) is 12.4. The Hall–Kier alpha value is -2.01. The van der Waals surface area contributed by atoms with Crippen molar-refractivity contribution in [2.24, 2.45) is 0 Å². The molecule has 1 aromatic carbocycles. The van der Waals surface area contributed by atoms with Crippen LogP contribution >= 0.6 is 11.6 Å². The van der Waals surface area contributed by atoms with Crippen molar-refractivity contribution in [1.82, 2.24) is 9.97 Å². The monoisotopic (exact) mass is 252 g/mol. The highest BCUT2D eigenvalue weighted by atomic mass is 35.5. The maximum absolute atomic E-state index is 12.8. The number of aromatic nitrogens is 2. The molecule has 4 nitrogen and oxygen atoms in total. The van der Waals surface area contributed by atoms with Gasteiger partial charge in [0, 0.05) is 18.0 Å². The van der Waals surface area contributed by atoms with Gasteiger partial charge in [-0.3, -0.25) is 0 Å². The molecule has 0 bridgehead atoms. The van der Waals surface area contributed by atoms with Crippen molar-refractivity contribution >= 4 is 17.6 Å². The first-order chi connectivity index (χ1) is 8.08. The van der Waals surface area contributed by atoms with Gasteiger partial charge >= 0.3 is 5.97 Å². The molecule has 17 heavy (non-hydrogen) atoms. The van der Waals surface area contributed by atoms with E-state index in [-0.39, 0.29) is 16.4 Å². The molecule has 0 saturated carbocycles. The molecule has 2 aromatic rings. The van der Waals surface area contributed by atoms with E-state index in [0.717, 1.165) is 6.07 Å². The maximum Gasteiger partial charge on any atom is 0.338 e. The molecule has 0 saturated heterocycles. The van der Waals surface area contributed by atoms with Crippen molar-refractivity contribution in [3.8, 4) is 11.4 Å². The molecule has 0 aliphatic carbocycles. The average Bonchev–Trinajstić information content (AvgIpc) is 2.29. The third-order valence-electron chi connectivity index (χ3n) is 2.07. The molecule has 0 aliphatic rings. The second-order valence-electron chi connectivity index (χ2n) is 3.22. The Kier molecular flexibility index (Phi) is 3.01.